The second-order valence-electron chi connectivity index (χ2n) is 3.68. The van der Waals surface area contributed by atoms with Crippen molar-refractivity contribution in [1.82, 2.24) is 9.36 Å². The molecule has 0 bridgehead atoms. The average Bonchev–Trinajstić information content (AvgIpc) is 2.88. The monoisotopic (exact) mass is 243 g/mol. The minimum atomic E-state index is -1.04. The van der Waals surface area contributed by atoms with Crippen LogP contribution >= 0.6 is 11.5 Å². The first-order valence-electron chi connectivity index (χ1n) is 5.08. The van der Waals surface area contributed by atoms with Gasteiger partial charge in [0.2, 0.25) is 5.13 Å². The maximum absolute atomic E-state index is 11.2. The van der Waals surface area contributed by atoms with E-state index in [0.717, 1.165) is 12.2 Å². The third kappa shape index (κ3) is 2.00. The van der Waals surface area contributed by atoms with Crippen LogP contribution in [-0.4, -0.2) is 39.2 Å². The summed E-state index contributed by atoms with van der Waals surface area (Å²) in [5.41, 5.74) is -1.04. The number of anilines is 1. The van der Waals surface area contributed by atoms with Crippen molar-refractivity contribution in [3.8, 4) is 0 Å². The number of hydrogen-bond donors (Lipinski definition) is 2. The minimum absolute atomic E-state index is 0.170. The lowest BCUT2D eigenvalue weighted by Crippen LogP contribution is -2.47. The molecule has 7 heteroatoms. The molecule has 2 rings (SSSR count). The van der Waals surface area contributed by atoms with Gasteiger partial charge in [-0.05, 0) is 0 Å². The van der Waals surface area contributed by atoms with Gasteiger partial charge in [-0.1, -0.05) is 6.92 Å². The summed E-state index contributed by atoms with van der Waals surface area (Å²) in [5.74, 6) is -0.176. The predicted molar refractivity (Wildman–Crippen MR) is 58.7 cm³/mol. The number of aliphatic carboxylic acids is 1. The standard InChI is InChI=1S/C9H13N3O3S/c1-2-6-10-8(16-12-6)11-9(7(13)14)3-4-15-5-9/h2-5H2,1H3,(H,13,14)(H,10,11,12). The van der Waals surface area contributed by atoms with Crippen LogP contribution in [0, 0.1) is 0 Å². The third-order valence-corrected chi connectivity index (χ3v) is 3.23. The van der Waals surface area contributed by atoms with E-state index in [1.54, 1.807) is 0 Å². The predicted octanol–water partition coefficient (Wildman–Crippen LogP) is 0.756. The van der Waals surface area contributed by atoms with Crippen LogP contribution in [-0.2, 0) is 16.0 Å². The fourth-order valence-corrected chi connectivity index (χ4v) is 2.29. The number of aryl methyl sites for hydroxylation is 1. The number of carboxylic acids is 1. The highest BCUT2D eigenvalue weighted by molar-refractivity contribution is 7.09. The lowest BCUT2D eigenvalue weighted by molar-refractivity contribution is -0.142. The Morgan fingerprint density at radius 1 is 1.75 bits per heavy atom. The molecule has 1 aliphatic rings. The minimum Gasteiger partial charge on any atom is -0.479 e. The molecule has 1 fully saturated rings. The van der Waals surface area contributed by atoms with Gasteiger partial charge in [-0.2, -0.15) is 4.37 Å². The zero-order valence-corrected chi connectivity index (χ0v) is 9.71. The quantitative estimate of drug-likeness (QED) is 0.812. The summed E-state index contributed by atoms with van der Waals surface area (Å²) in [7, 11) is 0. The second-order valence-corrected chi connectivity index (χ2v) is 4.44. The summed E-state index contributed by atoms with van der Waals surface area (Å²) in [5, 5.41) is 12.7. The van der Waals surface area contributed by atoms with Crippen molar-refractivity contribution < 1.29 is 14.6 Å². The van der Waals surface area contributed by atoms with Crippen LogP contribution in [0.5, 0.6) is 0 Å². The van der Waals surface area contributed by atoms with E-state index in [9.17, 15) is 9.90 Å². The van der Waals surface area contributed by atoms with Gasteiger partial charge in [-0.15, -0.1) is 0 Å². The number of rotatable bonds is 4. The SMILES string of the molecule is CCc1nsc(NC2(C(=O)O)CCOC2)n1. The molecule has 16 heavy (non-hydrogen) atoms. The van der Waals surface area contributed by atoms with Gasteiger partial charge < -0.3 is 15.2 Å². The summed E-state index contributed by atoms with van der Waals surface area (Å²) >= 11 is 1.19. The Hall–Kier alpha value is -1.21. The molecule has 0 spiro atoms. The molecule has 6 nitrogen and oxygen atoms in total. The Labute approximate surface area is 96.8 Å². The summed E-state index contributed by atoms with van der Waals surface area (Å²) in [4.78, 5) is 15.4. The first kappa shape index (κ1) is 11.3. The molecule has 2 N–H and O–H groups in total. The molecule has 1 aromatic rings. The lowest BCUT2D eigenvalue weighted by Gasteiger charge is -2.22. The largest absolute Gasteiger partial charge is 0.479 e. The molecule has 0 aliphatic carbocycles. The van der Waals surface area contributed by atoms with Crippen molar-refractivity contribution in [2.75, 3.05) is 18.5 Å². The fraction of sp³-hybridized carbons (Fsp3) is 0.667. The van der Waals surface area contributed by atoms with E-state index in [4.69, 9.17) is 4.74 Å². The number of ether oxygens (including phenoxy) is 1. The highest BCUT2D eigenvalue weighted by atomic mass is 32.1. The molecule has 0 saturated carbocycles. The smallest absolute Gasteiger partial charge is 0.331 e. The maximum atomic E-state index is 11.2. The van der Waals surface area contributed by atoms with Crippen LogP contribution in [0.15, 0.2) is 0 Å². The van der Waals surface area contributed by atoms with Gasteiger partial charge in [-0.3, -0.25) is 0 Å². The summed E-state index contributed by atoms with van der Waals surface area (Å²) < 4.78 is 9.24. The van der Waals surface area contributed by atoms with E-state index in [2.05, 4.69) is 14.7 Å². The van der Waals surface area contributed by atoms with E-state index in [1.807, 2.05) is 6.92 Å². The van der Waals surface area contributed by atoms with Gasteiger partial charge in [0.05, 0.1) is 6.61 Å². The topological polar surface area (TPSA) is 84.3 Å². The molecule has 2 heterocycles. The number of carboxylic acid groups (broad SMARTS) is 1. The number of nitrogens with one attached hydrogen (secondary N) is 1. The molecule has 1 atom stereocenters. The highest BCUT2D eigenvalue weighted by Gasteiger charge is 2.43. The van der Waals surface area contributed by atoms with Gasteiger partial charge in [-0.25, -0.2) is 9.78 Å². The van der Waals surface area contributed by atoms with Gasteiger partial charge in [0.15, 0.2) is 5.54 Å². The van der Waals surface area contributed by atoms with Crippen molar-refractivity contribution in [2.45, 2.75) is 25.3 Å². The second kappa shape index (κ2) is 4.34. The Morgan fingerprint density at radius 3 is 3.06 bits per heavy atom. The first-order chi connectivity index (χ1) is 7.66. The highest BCUT2D eigenvalue weighted by Crippen LogP contribution is 2.25. The molecule has 88 valence electrons. The van der Waals surface area contributed by atoms with Crippen LogP contribution in [0.3, 0.4) is 0 Å². The zero-order chi connectivity index (χ0) is 11.6. The summed E-state index contributed by atoms with van der Waals surface area (Å²) in [6, 6.07) is 0. The summed E-state index contributed by atoms with van der Waals surface area (Å²) in [6.45, 7) is 2.58. The van der Waals surface area contributed by atoms with Crippen LogP contribution in [0.1, 0.15) is 19.2 Å². The van der Waals surface area contributed by atoms with Gasteiger partial charge in [0.1, 0.15) is 5.82 Å². The van der Waals surface area contributed by atoms with Crippen molar-refractivity contribution in [2.24, 2.45) is 0 Å². The van der Waals surface area contributed by atoms with Gasteiger partial charge >= 0.3 is 5.97 Å². The molecule has 1 aliphatic heterocycles. The Kier molecular flexibility index (Phi) is 3.06. The summed E-state index contributed by atoms with van der Waals surface area (Å²) in [6.07, 6.45) is 1.19. The molecule has 0 radical (unpaired) electrons. The number of carbonyl (C=O) groups is 1. The molecule has 1 saturated heterocycles. The molecule has 0 amide bonds. The maximum Gasteiger partial charge on any atom is 0.331 e. The lowest BCUT2D eigenvalue weighted by atomic mass is 10.00. The normalized spacial score (nSPS) is 24.6. The van der Waals surface area contributed by atoms with E-state index >= 15 is 0 Å². The first-order valence-corrected chi connectivity index (χ1v) is 5.85. The average molecular weight is 243 g/mol. The van der Waals surface area contributed by atoms with E-state index in [1.165, 1.54) is 11.5 Å². The van der Waals surface area contributed by atoms with E-state index in [-0.39, 0.29) is 6.61 Å². The van der Waals surface area contributed by atoms with Crippen LogP contribution < -0.4 is 5.32 Å². The van der Waals surface area contributed by atoms with Gasteiger partial charge in [0.25, 0.3) is 0 Å². The van der Waals surface area contributed by atoms with Crippen LogP contribution in [0.25, 0.3) is 0 Å². The van der Waals surface area contributed by atoms with Crippen LogP contribution in [0.4, 0.5) is 5.13 Å². The Balaban J connectivity index is 2.14. The molecule has 1 aromatic heterocycles. The Morgan fingerprint density at radius 2 is 2.56 bits per heavy atom. The number of nitrogens with zero attached hydrogens (tertiary/aromatic N) is 2. The number of aromatic nitrogens is 2. The third-order valence-electron chi connectivity index (χ3n) is 2.56. The molecule has 0 aromatic carbocycles. The van der Waals surface area contributed by atoms with Crippen LogP contribution in [0.2, 0.25) is 0 Å². The number of hydrogen-bond acceptors (Lipinski definition) is 6. The molecular weight excluding hydrogens is 230 g/mol. The zero-order valence-electron chi connectivity index (χ0n) is 8.89. The molecular formula is C9H13N3O3S. The van der Waals surface area contributed by atoms with Crippen molar-refractivity contribution in [3.63, 3.8) is 0 Å². The molecule has 1 unspecified atom stereocenters. The van der Waals surface area contributed by atoms with E-state index < -0.39 is 11.5 Å². The van der Waals surface area contributed by atoms with Crippen molar-refractivity contribution in [1.29, 1.82) is 0 Å². The van der Waals surface area contributed by atoms with Crippen molar-refractivity contribution >= 4 is 22.6 Å². The Bertz CT molecular complexity index is 387. The van der Waals surface area contributed by atoms with Crippen molar-refractivity contribution in [3.05, 3.63) is 5.82 Å². The van der Waals surface area contributed by atoms with E-state index in [0.29, 0.717) is 18.2 Å². The van der Waals surface area contributed by atoms with Gasteiger partial charge in [0, 0.05) is 31.0 Å². The fourth-order valence-electron chi connectivity index (χ4n) is 1.54.